The van der Waals surface area contributed by atoms with Crippen LogP contribution in [0.15, 0.2) is 176 Å². The quantitative estimate of drug-likeness (QED) is 0.183. The maximum absolute atomic E-state index is 5.58. The molecule has 0 aliphatic carbocycles. The summed E-state index contributed by atoms with van der Waals surface area (Å²) in [6.07, 6.45) is 0. The number of fused-ring (bicyclic) bond motifs is 9. The Labute approximate surface area is 283 Å². The van der Waals surface area contributed by atoms with Gasteiger partial charge < -0.3 is 4.57 Å². The minimum atomic E-state index is 0.876. The van der Waals surface area contributed by atoms with Crippen LogP contribution in [0.4, 0.5) is 0 Å². The minimum Gasteiger partial charge on any atom is -0.309 e. The van der Waals surface area contributed by atoms with Crippen molar-refractivity contribution in [1.29, 1.82) is 0 Å². The molecule has 0 aliphatic heterocycles. The molecule has 0 unspecified atom stereocenters. The first-order valence-electron chi connectivity index (χ1n) is 16.7. The Morgan fingerprint density at radius 3 is 1.53 bits per heavy atom. The second-order valence-electron chi connectivity index (χ2n) is 12.5. The van der Waals surface area contributed by atoms with Crippen LogP contribution in [-0.4, -0.2) is 14.5 Å². The zero-order chi connectivity index (χ0) is 32.3. The maximum Gasteiger partial charge on any atom is 0.0979 e. The van der Waals surface area contributed by atoms with Crippen LogP contribution in [-0.2, 0) is 0 Å². The number of rotatable bonds is 4. The van der Waals surface area contributed by atoms with Crippen molar-refractivity contribution in [3.05, 3.63) is 176 Å². The molecule has 2 heterocycles. The monoisotopic (exact) mass is 623 g/mol. The fourth-order valence-corrected chi connectivity index (χ4v) is 7.58. The first-order valence-corrected chi connectivity index (χ1v) is 16.7. The lowest BCUT2D eigenvalue weighted by Crippen LogP contribution is -1.98. The van der Waals surface area contributed by atoms with Gasteiger partial charge in [-0.1, -0.05) is 146 Å². The molecule has 0 saturated heterocycles. The number of hydrogen-bond acceptors (Lipinski definition) is 2. The molecule has 2 aromatic heterocycles. The standard InChI is InChI=1S/C46H29N3/c1-3-15-30(16-4-1)43-44(48-46-39-25-12-9-21-35(39)34-20-8-11-24-38(34)45(46)47-43)37-23-10-7-19-33(37)31-27-28-42-40(29-31)36-22-13-14-26-41(36)49(42)32-17-5-2-6-18-32/h1-29H. The average molecular weight is 624 g/mol. The predicted molar refractivity (Wildman–Crippen MR) is 205 cm³/mol. The SMILES string of the molecule is c1ccc(-c2nc3c4ccccc4c4ccccc4c3nc2-c2ccccc2-c2ccc3c(c2)c2ccccc2n3-c2ccccc2)cc1. The van der Waals surface area contributed by atoms with Gasteiger partial charge in [-0.15, -0.1) is 0 Å². The fourth-order valence-electron chi connectivity index (χ4n) is 7.58. The van der Waals surface area contributed by atoms with Gasteiger partial charge in [0.05, 0.1) is 33.5 Å². The van der Waals surface area contributed by atoms with E-state index in [2.05, 4.69) is 180 Å². The molecule has 0 bridgehead atoms. The second-order valence-corrected chi connectivity index (χ2v) is 12.5. The van der Waals surface area contributed by atoms with E-state index in [9.17, 15) is 0 Å². The molecule has 10 aromatic rings. The summed E-state index contributed by atoms with van der Waals surface area (Å²) in [5.74, 6) is 0. The zero-order valence-corrected chi connectivity index (χ0v) is 26.6. The molecule has 0 amide bonds. The van der Waals surface area contributed by atoms with Crippen molar-refractivity contribution in [1.82, 2.24) is 14.5 Å². The molecular formula is C46H29N3. The van der Waals surface area contributed by atoms with E-state index in [4.69, 9.17) is 9.97 Å². The smallest absolute Gasteiger partial charge is 0.0979 e. The highest BCUT2D eigenvalue weighted by Gasteiger charge is 2.21. The average Bonchev–Trinajstić information content (AvgIpc) is 3.52. The van der Waals surface area contributed by atoms with E-state index in [0.29, 0.717) is 0 Å². The first kappa shape index (κ1) is 27.5. The third-order valence-corrected chi connectivity index (χ3v) is 9.78. The van der Waals surface area contributed by atoms with Gasteiger partial charge in [0.1, 0.15) is 0 Å². The number of aromatic nitrogens is 3. The largest absolute Gasteiger partial charge is 0.309 e. The summed E-state index contributed by atoms with van der Waals surface area (Å²) in [4.78, 5) is 11.1. The third kappa shape index (κ3) is 4.29. The Hall–Kier alpha value is -6.58. The van der Waals surface area contributed by atoms with Crippen molar-refractivity contribution >= 4 is 54.4 Å². The molecule has 8 aromatic carbocycles. The summed E-state index contributed by atoms with van der Waals surface area (Å²) in [6.45, 7) is 0. The van der Waals surface area contributed by atoms with Gasteiger partial charge in [0, 0.05) is 38.4 Å². The number of benzene rings is 8. The van der Waals surface area contributed by atoms with E-state index in [1.54, 1.807) is 0 Å². The number of nitrogens with zero attached hydrogens (tertiary/aromatic N) is 3. The van der Waals surface area contributed by atoms with Crippen molar-refractivity contribution in [3.8, 4) is 39.3 Å². The topological polar surface area (TPSA) is 30.7 Å². The molecule has 0 atom stereocenters. The van der Waals surface area contributed by atoms with Crippen LogP contribution in [0.25, 0.3) is 93.7 Å². The number of hydrogen-bond donors (Lipinski definition) is 0. The minimum absolute atomic E-state index is 0.876. The van der Waals surface area contributed by atoms with Gasteiger partial charge >= 0.3 is 0 Å². The lowest BCUT2D eigenvalue weighted by atomic mass is 9.93. The van der Waals surface area contributed by atoms with Crippen LogP contribution in [0.1, 0.15) is 0 Å². The second kappa shape index (κ2) is 11.0. The Bertz CT molecular complexity index is 2870. The maximum atomic E-state index is 5.58. The molecule has 0 radical (unpaired) electrons. The molecule has 49 heavy (non-hydrogen) atoms. The lowest BCUT2D eigenvalue weighted by Gasteiger charge is -2.17. The van der Waals surface area contributed by atoms with E-state index >= 15 is 0 Å². The molecular weight excluding hydrogens is 595 g/mol. The molecule has 0 spiro atoms. The van der Waals surface area contributed by atoms with Gasteiger partial charge in [0.2, 0.25) is 0 Å². The normalized spacial score (nSPS) is 11.7. The summed E-state index contributed by atoms with van der Waals surface area (Å²) in [7, 11) is 0. The van der Waals surface area contributed by atoms with Crippen molar-refractivity contribution < 1.29 is 0 Å². The highest BCUT2D eigenvalue weighted by Crippen LogP contribution is 2.42. The van der Waals surface area contributed by atoms with Gasteiger partial charge in [0.25, 0.3) is 0 Å². The molecule has 3 nitrogen and oxygen atoms in total. The molecule has 3 heteroatoms. The molecule has 0 N–H and O–H groups in total. The molecule has 10 rings (SSSR count). The van der Waals surface area contributed by atoms with Crippen LogP contribution in [0.5, 0.6) is 0 Å². The Kier molecular flexibility index (Phi) is 6.18. The highest BCUT2D eigenvalue weighted by molar-refractivity contribution is 6.23. The van der Waals surface area contributed by atoms with Crippen LogP contribution < -0.4 is 0 Å². The van der Waals surface area contributed by atoms with E-state index in [1.807, 2.05) is 0 Å². The molecule has 228 valence electrons. The first-order chi connectivity index (χ1) is 24.3. The molecule has 0 saturated carbocycles. The van der Waals surface area contributed by atoms with E-state index in [-0.39, 0.29) is 0 Å². The summed E-state index contributed by atoms with van der Waals surface area (Å²) >= 11 is 0. The van der Waals surface area contributed by atoms with E-state index in [0.717, 1.165) is 61.1 Å². The van der Waals surface area contributed by atoms with Crippen molar-refractivity contribution in [3.63, 3.8) is 0 Å². The van der Waals surface area contributed by atoms with Crippen LogP contribution in [0.3, 0.4) is 0 Å². The van der Waals surface area contributed by atoms with Crippen LogP contribution >= 0.6 is 0 Å². The summed E-state index contributed by atoms with van der Waals surface area (Å²) in [5.41, 5.74) is 11.5. The van der Waals surface area contributed by atoms with Gasteiger partial charge in [-0.3, -0.25) is 0 Å². The van der Waals surface area contributed by atoms with Crippen LogP contribution in [0, 0.1) is 0 Å². The third-order valence-electron chi connectivity index (χ3n) is 9.78. The van der Waals surface area contributed by atoms with Crippen LogP contribution in [0.2, 0.25) is 0 Å². The van der Waals surface area contributed by atoms with Crippen molar-refractivity contribution in [2.75, 3.05) is 0 Å². The fraction of sp³-hybridized carbons (Fsp3) is 0. The lowest BCUT2D eigenvalue weighted by molar-refractivity contribution is 1.18. The Balaban J connectivity index is 1.27. The van der Waals surface area contributed by atoms with Gasteiger partial charge in [0.15, 0.2) is 0 Å². The predicted octanol–water partition coefficient (Wildman–Crippen LogP) is 12.0. The summed E-state index contributed by atoms with van der Waals surface area (Å²) in [6, 6.07) is 62.4. The Morgan fingerprint density at radius 2 is 0.837 bits per heavy atom. The van der Waals surface area contributed by atoms with Crippen molar-refractivity contribution in [2.45, 2.75) is 0 Å². The number of para-hydroxylation sites is 2. The summed E-state index contributed by atoms with van der Waals surface area (Å²) in [5, 5.41) is 7.05. The van der Waals surface area contributed by atoms with E-state index in [1.165, 1.54) is 32.6 Å². The molecule has 0 fully saturated rings. The van der Waals surface area contributed by atoms with Gasteiger partial charge in [-0.05, 0) is 52.2 Å². The van der Waals surface area contributed by atoms with Crippen molar-refractivity contribution in [2.24, 2.45) is 0 Å². The van der Waals surface area contributed by atoms with Gasteiger partial charge in [-0.2, -0.15) is 0 Å². The molecule has 0 aliphatic rings. The summed E-state index contributed by atoms with van der Waals surface area (Å²) < 4.78 is 2.36. The highest BCUT2D eigenvalue weighted by atomic mass is 15.0. The Morgan fingerprint density at radius 1 is 0.327 bits per heavy atom. The van der Waals surface area contributed by atoms with E-state index < -0.39 is 0 Å². The zero-order valence-electron chi connectivity index (χ0n) is 26.6. The van der Waals surface area contributed by atoms with Gasteiger partial charge in [-0.25, -0.2) is 9.97 Å².